The summed E-state index contributed by atoms with van der Waals surface area (Å²) in [4.78, 5) is 12.6. The van der Waals surface area contributed by atoms with E-state index < -0.39 is 0 Å². The minimum Gasteiger partial charge on any atom is -0.508 e. The molecule has 0 aliphatic carbocycles. The summed E-state index contributed by atoms with van der Waals surface area (Å²) < 4.78 is 0. The largest absolute Gasteiger partial charge is 0.508 e. The lowest BCUT2D eigenvalue weighted by Gasteiger charge is -2.12. The number of fused-ring (bicyclic) bond motifs is 1. The average Bonchev–Trinajstić information content (AvgIpc) is 2.51. The summed E-state index contributed by atoms with van der Waals surface area (Å²) in [6.07, 6.45) is 0. The van der Waals surface area contributed by atoms with Gasteiger partial charge in [-0.05, 0) is 53.9 Å². The molecular formula is C19H17NO2. The number of aromatic hydroxyl groups is 1. The van der Waals surface area contributed by atoms with Gasteiger partial charge in [0.15, 0.2) is 0 Å². The smallest absolute Gasteiger partial charge is 0.256 e. The fourth-order valence-corrected chi connectivity index (χ4v) is 2.56. The van der Waals surface area contributed by atoms with E-state index in [1.807, 2.05) is 56.3 Å². The minimum atomic E-state index is -0.221. The lowest BCUT2D eigenvalue weighted by atomic mass is 10.0. The molecule has 3 heteroatoms. The number of hydrogen-bond acceptors (Lipinski definition) is 2. The van der Waals surface area contributed by atoms with Crippen molar-refractivity contribution >= 4 is 22.4 Å². The van der Waals surface area contributed by atoms with Gasteiger partial charge >= 0.3 is 0 Å². The van der Waals surface area contributed by atoms with Crippen LogP contribution in [-0.4, -0.2) is 11.0 Å². The van der Waals surface area contributed by atoms with E-state index in [-0.39, 0.29) is 11.7 Å². The summed E-state index contributed by atoms with van der Waals surface area (Å²) in [5.41, 5.74) is 3.42. The molecule has 2 N–H and O–H groups in total. The Labute approximate surface area is 129 Å². The topological polar surface area (TPSA) is 49.3 Å². The van der Waals surface area contributed by atoms with Gasteiger partial charge in [-0.15, -0.1) is 0 Å². The molecule has 0 bridgehead atoms. The van der Waals surface area contributed by atoms with E-state index in [0.29, 0.717) is 5.56 Å². The standard InChI is InChI=1S/C19H17NO2/c1-12-6-5-9-18(13(12)2)20-19(22)17-11-15(21)10-14-7-3-4-8-16(14)17/h3-11,21H,1-2H3,(H,20,22). The summed E-state index contributed by atoms with van der Waals surface area (Å²) >= 11 is 0. The SMILES string of the molecule is Cc1cccc(NC(=O)c2cc(O)cc3ccccc23)c1C. The van der Waals surface area contributed by atoms with Gasteiger partial charge in [0.25, 0.3) is 5.91 Å². The quantitative estimate of drug-likeness (QED) is 0.734. The third-order valence-corrected chi connectivity index (χ3v) is 3.94. The highest BCUT2D eigenvalue weighted by Crippen LogP contribution is 2.26. The molecule has 0 aliphatic rings. The molecule has 0 unspecified atom stereocenters. The van der Waals surface area contributed by atoms with Crippen LogP contribution in [0.4, 0.5) is 5.69 Å². The fourth-order valence-electron chi connectivity index (χ4n) is 2.56. The molecule has 0 saturated heterocycles. The average molecular weight is 291 g/mol. The molecule has 0 spiro atoms. The number of phenols is 1. The van der Waals surface area contributed by atoms with Crippen molar-refractivity contribution in [3.63, 3.8) is 0 Å². The maximum Gasteiger partial charge on any atom is 0.256 e. The highest BCUT2D eigenvalue weighted by atomic mass is 16.3. The Balaban J connectivity index is 2.04. The molecule has 0 fully saturated rings. The van der Waals surface area contributed by atoms with Crippen LogP contribution in [0.2, 0.25) is 0 Å². The molecule has 0 aliphatic heterocycles. The van der Waals surface area contributed by atoms with Gasteiger partial charge in [0.2, 0.25) is 0 Å². The number of phenolic OH excluding ortho intramolecular Hbond substituents is 1. The zero-order valence-corrected chi connectivity index (χ0v) is 12.6. The van der Waals surface area contributed by atoms with Crippen molar-refractivity contribution in [1.29, 1.82) is 0 Å². The van der Waals surface area contributed by atoms with E-state index >= 15 is 0 Å². The molecular weight excluding hydrogens is 274 g/mol. The summed E-state index contributed by atoms with van der Waals surface area (Å²) in [6, 6.07) is 16.5. The normalized spacial score (nSPS) is 10.6. The predicted octanol–water partition coefficient (Wildman–Crippen LogP) is 4.41. The van der Waals surface area contributed by atoms with E-state index in [0.717, 1.165) is 27.6 Å². The van der Waals surface area contributed by atoms with Gasteiger partial charge in [-0.2, -0.15) is 0 Å². The Bertz CT molecular complexity index is 868. The Hall–Kier alpha value is -2.81. The highest BCUT2D eigenvalue weighted by molar-refractivity contribution is 6.13. The van der Waals surface area contributed by atoms with Gasteiger partial charge in [0.05, 0.1) is 5.56 Å². The maximum atomic E-state index is 12.6. The zero-order chi connectivity index (χ0) is 15.7. The summed E-state index contributed by atoms with van der Waals surface area (Å²) in [6.45, 7) is 3.99. The summed E-state index contributed by atoms with van der Waals surface area (Å²) in [7, 11) is 0. The molecule has 0 radical (unpaired) electrons. The van der Waals surface area contributed by atoms with Crippen molar-refractivity contribution < 1.29 is 9.90 Å². The number of rotatable bonds is 2. The van der Waals surface area contributed by atoms with Crippen molar-refractivity contribution in [3.05, 3.63) is 71.3 Å². The molecule has 3 nitrogen and oxygen atoms in total. The van der Waals surface area contributed by atoms with E-state index in [2.05, 4.69) is 5.32 Å². The number of hydrogen-bond donors (Lipinski definition) is 2. The first kappa shape index (κ1) is 14.1. The first-order valence-electron chi connectivity index (χ1n) is 7.15. The molecule has 0 atom stereocenters. The molecule has 0 aromatic heterocycles. The fraction of sp³-hybridized carbons (Fsp3) is 0.105. The number of carbonyl (C=O) groups is 1. The number of nitrogens with one attached hydrogen (secondary N) is 1. The lowest BCUT2D eigenvalue weighted by molar-refractivity contribution is 0.102. The predicted molar refractivity (Wildman–Crippen MR) is 89.5 cm³/mol. The molecule has 3 aromatic carbocycles. The Morgan fingerprint density at radius 3 is 2.59 bits per heavy atom. The number of carbonyl (C=O) groups excluding carboxylic acids is 1. The van der Waals surface area contributed by atoms with Gasteiger partial charge in [0, 0.05) is 5.69 Å². The van der Waals surface area contributed by atoms with Crippen LogP contribution in [0, 0.1) is 13.8 Å². The molecule has 110 valence electrons. The van der Waals surface area contributed by atoms with Crippen LogP contribution < -0.4 is 5.32 Å². The van der Waals surface area contributed by atoms with Crippen LogP contribution in [0.1, 0.15) is 21.5 Å². The van der Waals surface area contributed by atoms with Gasteiger partial charge in [-0.25, -0.2) is 0 Å². The second-order valence-electron chi connectivity index (χ2n) is 5.42. The van der Waals surface area contributed by atoms with Gasteiger partial charge in [0.1, 0.15) is 5.75 Å². The van der Waals surface area contributed by atoms with Crippen LogP contribution >= 0.6 is 0 Å². The number of anilines is 1. The van der Waals surface area contributed by atoms with E-state index in [1.165, 1.54) is 6.07 Å². The van der Waals surface area contributed by atoms with Crippen molar-refractivity contribution in [2.75, 3.05) is 5.32 Å². The van der Waals surface area contributed by atoms with Crippen molar-refractivity contribution in [3.8, 4) is 5.75 Å². The second kappa shape index (κ2) is 5.53. The Morgan fingerprint density at radius 2 is 1.77 bits per heavy atom. The van der Waals surface area contributed by atoms with Crippen LogP contribution in [0.25, 0.3) is 10.8 Å². The second-order valence-corrected chi connectivity index (χ2v) is 5.42. The van der Waals surface area contributed by atoms with Crippen LogP contribution in [-0.2, 0) is 0 Å². The molecule has 3 rings (SSSR count). The molecule has 1 amide bonds. The monoisotopic (exact) mass is 291 g/mol. The first-order valence-corrected chi connectivity index (χ1v) is 7.15. The molecule has 3 aromatic rings. The Kier molecular flexibility index (Phi) is 3.55. The third-order valence-electron chi connectivity index (χ3n) is 3.94. The van der Waals surface area contributed by atoms with Crippen LogP contribution in [0.3, 0.4) is 0 Å². The zero-order valence-electron chi connectivity index (χ0n) is 12.6. The van der Waals surface area contributed by atoms with Gasteiger partial charge < -0.3 is 10.4 Å². The molecule has 0 heterocycles. The maximum absolute atomic E-state index is 12.6. The lowest BCUT2D eigenvalue weighted by Crippen LogP contribution is -2.13. The van der Waals surface area contributed by atoms with Crippen molar-refractivity contribution in [2.45, 2.75) is 13.8 Å². The van der Waals surface area contributed by atoms with Crippen LogP contribution in [0.15, 0.2) is 54.6 Å². The molecule has 22 heavy (non-hydrogen) atoms. The summed E-state index contributed by atoms with van der Waals surface area (Å²) in [5.74, 6) is -0.134. The van der Waals surface area contributed by atoms with E-state index in [4.69, 9.17) is 0 Å². The highest BCUT2D eigenvalue weighted by Gasteiger charge is 2.13. The van der Waals surface area contributed by atoms with Crippen LogP contribution in [0.5, 0.6) is 5.75 Å². The number of aryl methyl sites for hydroxylation is 1. The first-order chi connectivity index (χ1) is 10.6. The minimum absolute atomic E-state index is 0.0878. The Morgan fingerprint density at radius 1 is 1.00 bits per heavy atom. The van der Waals surface area contributed by atoms with Crippen molar-refractivity contribution in [2.24, 2.45) is 0 Å². The van der Waals surface area contributed by atoms with Gasteiger partial charge in [-0.3, -0.25) is 4.79 Å². The van der Waals surface area contributed by atoms with E-state index in [1.54, 1.807) is 6.07 Å². The van der Waals surface area contributed by atoms with Crippen molar-refractivity contribution in [1.82, 2.24) is 0 Å². The third kappa shape index (κ3) is 2.53. The molecule has 0 saturated carbocycles. The van der Waals surface area contributed by atoms with E-state index in [9.17, 15) is 9.90 Å². The number of amides is 1. The number of benzene rings is 3. The summed E-state index contributed by atoms with van der Waals surface area (Å²) in [5, 5.41) is 14.4. The van der Waals surface area contributed by atoms with Gasteiger partial charge in [-0.1, -0.05) is 36.4 Å².